The molecule has 6 heteroatoms. The first-order valence-corrected chi connectivity index (χ1v) is 8.48. The molecule has 0 radical (unpaired) electrons. The number of rotatable bonds is 4. The fourth-order valence-corrected chi connectivity index (χ4v) is 3.26. The Labute approximate surface area is 143 Å². The number of likely N-dealkylation sites (tertiary alicyclic amines) is 1. The van der Waals surface area contributed by atoms with Crippen LogP contribution < -0.4 is 4.90 Å². The highest BCUT2D eigenvalue weighted by atomic mass is 16.2. The highest BCUT2D eigenvalue weighted by molar-refractivity contribution is 5.87. The topological polar surface area (TPSA) is 52.6 Å². The zero-order valence-corrected chi connectivity index (χ0v) is 14.4. The Morgan fingerprint density at radius 1 is 1.38 bits per heavy atom. The molecular weight excluding hydrogens is 302 g/mol. The lowest BCUT2D eigenvalue weighted by atomic mass is 10.0. The minimum Gasteiger partial charge on any atom is -0.349 e. The summed E-state index contributed by atoms with van der Waals surface area (Å²) in [4.78, 5) is 27.1. The second-order valence-electron chi connectivity index (χ2n) is 6.58. The summed E-state index contributed by atoms with van der Waals surface area (Å²) in [6.45, 7) is 3.27. The van der Waals surface area contributed by atoms with Crippen molar-refractivity contribution in [3.63, 3.8) is 0 Å². The van der Waals surface area contributed by atoms with Gasteiger partial charge in [-0.15, -0.1) is 0 Å². The van der Waals surface area contributed by atoms with Crippen molar-refractivity contribution in [3.8, 4) is 0 Å². The first-order chi connectivity index (χ1) is 11.6. The average Bonchev–Trinajstić information content (AvgIpc) is 2.61. The standard InChI is InChI=1S/C18H25N5O/c1-21(2)9-4-6-17(24)22-11-7-16(8-12-22)23-10-3-5-15-13-19-14-20-18(15)23/h3-6,13-14,16H,7-12H2,1-2H3. The second kappa shape index (κ2) is 7.57. The molecule has 2 aliphatic rings. The smallest absolute Gasteiger partial charge is 0.246 e. The molecule has 1 amide bonds. The van der Waals surface area contributed by atoms with Gasteiger partial charge in [0.1, 0.15) is 12.1 Å². The predicted octanol–water partition coefficient (Wildman–Crippen LogP) is 1.42. The highest BCUT2D eigenvalue weighted by Crippen LogP contribution is 2.28. The monoisotopic (exact) mass is 327 g/mol. The van der Waals surface area contributed by atoms with Gasteiger partial charge in [-0.2, -0.15) is 0 Å². The molecule has 0 aromatic carbocycles. The number of carbonyl (C=O) groups is 1. The van der Waals surface area contributed by atoms with Gasteiger partial charge in [-0.05, 0) is 26.9 Å². The van der Waals surface area contributed by atoms with Gasteiger partial charge >= 0.3 is 0 Å². The van der Waals surface area contributed by atoms with Gasteiger partial charge in [-0.1, -0.05) is 18.2 Å². The van der Waals surface area contributed by atoms with E-state index in [-0.39, 0.29) is 5.91 Å². The number of piperidine rings is 1. The maximum absolute atomic E-state index is 12.2. The number of hydrogen-bond donors (Lipinski definition) is 0. The fraction of sp³-hybridized carbons (Fsp3) is 0.500. The summed E-state index contributed by atoms with van der Waals surface area (Å²) in [5, 5.41) is 0. The largest absolute Gasteiger partial charge is 0.349 e. The van der Waals surface area contributed by atoms with Gasteiger partial charge in [0.2, 0.25) is 5.91 Å². The summed E-state index contributed by atoms with van der Waals surface area (Å²) in [7, 11) is 3.99. The summed E-state index contributed by atoms with van der Waals surface area (Å²) in [5.41, 5.74) is 1.08. The molecule has 3 heterocycles. The van der Waals surface area contributed by atoms with Crippen molar-refractivity contribution in [2.75, 3.05) is 45.2 Å². The Kier molecular flexibility index (Phi) is 5.25. The maximum Gasteiger partial charge on any atom is 0.246 e. The summed E-state index contributed by atoms with van der Waals surface area (Å²) in [6, 6.07) is 0.429. The van der Waals surface area contributed by atoms with Crippen LogP contribution in [0, 0.1) is 0 Å². The van der Waals surface area contributed by atoms with Crippen molar-refractivity contribution in [1.82, 2.24) is 19.8 Å². The Bertz CT molecular complexity index is 632. The number of nitrogens with zero attached hydrogens (tertiary/aromatic N) is 5. The van der Waals surface area contributed by atoms with Crippen molar-refractivity contribution in [2.24, 2.45) is 0 Å². The van der Waals surface area contributed by atoms with Crippen LogP contribution in [0.25, 0.3) is 6.08 Å². The van der Waals surface area contributed by atoms with Crippen molar-refractivity contribution < 1.29 is 4.79 Å². The Morgan fingerprint density at radius 3 is 2.92 bits per heavy atom. The molecule has 0 saturated carbocycles. The molecule has 24 heavy (non-hydrogen) atoms. The van der Waals surface area contributed by atoms with Gasteiger partial charge in [0.25, 0.3) is 0 Å². The lowest BCUT2D eigenvalue weighted by Crippen LogP contribution is -2.47. The zero-order valence-electron chi connectivity index (χ0n) is 14.4. The third-order valence-electron chi connectivity index (χ3n) is 4.54. The van der Waals surface area contributed by atoms with E-state index in [0.717, 1.165) is 50.4 Å². The van der Waals surface area contributed by atoms with Crippen molar-refractivity contribution in [3.05, 3.63) is 36.3 Å². The number of fused-ring (bicyclic) bond motifs is 1. The summed E-state index contributed by atoms with van der Waals surface area (Å²) >= 11 is 0. The van der Waals surface area contributed by atoms with Crippen LogP contribution >= 0.6 is 0 Å². The quantitative estimate of drug-likeness (QED) is 0.783. The molecule has 1 aromatic rings. The maximum atomic E-state index is 12.2. The van der Waals surface area contributed by atoms with Crippen LogP contribution in [0.3, 0.4) is 0 Å². The van der Waals surface area contributed by atoms with E-state index < -0.39 is 0 Å². The Morgan fingerprint density at radius 2 is 2.17 bits per heavy atom. The van der Waals surface area contributed by atoms with E-state index in [1.807, 2.05) is 36.2 Å². The molecule has 0 bridgehead atoms. The molecule has 6 nitrogen and oxygen atoms in total. The lowest BCUT2D eigenvalue weighted by molar-refractivity contribution is -0.127. The van der Waals surface area contributed by atoms with E-state index in [9.17, 15) is 4.79 Å². The van der Waals surface area contributed by atoms with Crippen LogP contribution in [0.1, 0.15) is 18.4 Å². The average molecular weight is 327 g/mol. The zero-order chi connectivity index (χ0) is 16.9. The van der Waals surface area contributed by atoms with Gasteiger partial charge in [0, 0.05) is 50.1 Å². The Hall–Kier alpha value is -2.21. The Balaban J connectivity index is 1.57. The van der Waals surface area contributed by atoms with Crippen LogP contribution in [0.4, 0.5) is 5.82 Å². The number of carbonyl (C=O) groups excluding carboxylic acids is 1. The molecule has 0 spiro atoms. The fourth-order valence-electron chi connectivity index (χ4n) is 3.26. The molecule has 0 unspecified atom stereocenters. The van der Waals surface area contributed by atoms with Crippen molar-refractivity contribution in [1.29, 1.82) is 0 Å². The summed E-state index contributed by atoms with van der Waals surface area (Å²) in [5.74, 6) is 1.14. The van der Waals surface area contributed by atoms with Gasteiger partial charge < -0.3 is 14.7 Å². The van der Waals surface area contributed by atoms with Crippen LogP contribution in [0.5, 0.6) is 0 Å². The number of likely N-dealkylation sites (N-methyl/N-ethyl adjacent to an activating group) is 1. The van der Waals surface area contributed by atoms with Crippen molar-refractivity contribution in [2.45, 2.75) is 18.9 Å². The molecular formula is C18H25N5O. The minimum atomic E-state index is 0.122. The SMILES string of the molecule is CN(C)CC=CC(=O)N1CCC(N2CC=Cc3cncnc32)CC1. The van der Waals surface area contributed by atoms with Crippen LogP contribution in [0.15, 0.2) is 30.8 Å². The van der Waals surface area contributed by atoms with Gasteiger partial charge in [0.15, 0.2) is 0 Å². The highest BCUT2D eigenvalue weighted by Gasteiger charge is 2.28. The van der Waals surface area contributed by atoms with Crippen LogP contribution in [-0.4, -0.2) is 72.0 Å². The first kappa shape index (κ1) is 16.6. The normalized spacial score (nSPS) is 18.5. The second-order valence-corrected chi connectivity index (χ2v) is 6.58. The van der Waals surface area contributed by atoms with E-state index in [4.69, 9.17) is 0 Å². The predicted molar refractivity (Wildman–Crippen MR) is 95.7 cm³/mol. The molecule has 3 rings (SSSR count). The number of amides is 1. The molecule has 128 valence electrons. The molecule has 1 aromatic heterocycles. The van der Waals surface area contributed by atoms with E-state index in [0.29, 0.717) is 6.04 Å². The number of anilines is 1. The van der Waals surface area contributed by atoms with Crippen LogP contribution in [-0.2, 0) is 4.79 Å². The summed E-state index contributed by atoms with van der Waals surface area (Å²) in [6.07, 6.45) is 13.3. The molecule has 0 aliphatic carbocycles. The van der Waals surface area contributed by atoms with Crippen molar-refractivity contribution >= 4 is 17.8 Å². The minimum absolute atomic E-state index is 0.122. The molecule has 2 aliphatic heterocycles. The molecule has 0 N–H and O–H groups in total. The van der Waals surface area contributed by atoms with E-state index in [2.05, 4.69) is 27.0 Å². The lowest BCUT2D eigenvalue weighted by Gasteiger charge is -2.40. The van der Waals surface area contributed by atoms with Gasteiger partial charge in [-0.25, -0.2) is 9.97 Å². The molecule has 0 atom stereocenters. The van der Waals surface area contributed by atoms with E-state index in [1.54, 1.807) is 12.4 Å². The first-order valence-electron chi connectivity index (χ1n) is 8.48. The van der Waals surface area contributed by atoms with E-state index in [1.165, 1.54) is 0 Å². The number of aromatic nitrogens is 2. The summed E-state index contributed by atoms with van der Waals surface area (Å²) < 4.78 is 0. The third-order valence-corrected chi connectivity index (χ3v) is 4.54. The molecule has 1 saturated heterocycles. The van der Waals surface area contributed by atoms with Gasteiger partial charge in [-0.3, -0.25) is 4.79 Å². The number of hydrogen-bond acceptors (Lipinski definition) is 5. The third kappa shape index (κ3) is 3.82. The van der Waals surface area contributed by atoms with Crippen LogP contribution in [0.2, 0.25) is 0 Å². The van der Waals surface area contributed by atoms with Gasteiger partial charge in [0.05, 0.1) is 0 Å². The molecule has 1 fully saturated rings. The van der Waals surface area contributed by atoms with E-state index >= 15 is 0 Å².